The molecule has 0 unspecified atom stereocenters. The molecule has 0 aliphatic heterocycles. The molecule has 0 radical (unpaired) electrons. The Morgan fingerprint density at radius 3 is 2.46 bits per heavy atom. The smallest absolute Gasteiger partial charge is 0.335 e. The molecule has 8 heteroatoms. The van der Waals surface area contributed by atoms with Gasteiger partial charge in [-0.3, -0.25) is 4.79 Å². The highest BCUT2D eigenvalue weighted by atomic mass is 16.5. The lowest BCUT2D eigenvalue weighted by Crippen LogP contribution is -2.30. The SMILES string of the molecule is CCN(Cc1nc(C(C)C)no1)C(=O)c1cc(O)cc(C(=O)O)c1. The van der Waals surface area contributed by atoms with Gasteiger partial charge in [-0.25, -0.2) is 4.79 Å². The summed E-state index contributed by atoms with van der Waals surface area (Å²) in [5.74, 6) is -0.972. The monoisotopic (exact) mass is 333 g/mol. The largest absolute Gasteiger partial charge is 0.508 e. The number of carboxylic acid groups (broad SMARTS) is 1. The Balaban J connectivity index is 2.23. The number of phenolic OH excluding ortho intramolecular Hbond substituents is 1. The van der Waals surface area contributed by atoms with Gasteiger partial charge in [-0.15, -0.1) is 0 Å². The van der Waals surface area contributed by atoms with E-state index in [0.29, 0.717) is 18.3 Å². The van der Waals surface area contributed by atoms with Gasteiger partial charge >= 0.3 is 5.97 Å². The third-order valence-electron chi connectivity index (χ3n) is 3.41. The Hall–Kier alpha value is -2.90. The first-order valence-corrected chi connectivity index (χ1v) is 7.51. The van der Waals surface area contributed by atoms with Gasteiger partial charge in [-0.1, -0.05) is 19.0 Å². The van der Waals surface area contributed by atoms with E-state index in [1.54, 1.807) is 6.92 Å². The van der Waals surface area contributed by atoms with Gasteiger partial charge in [0.25, 0.3) is 5.91 Å². The molecule has 24 heavy (non-hydrogen) atoms. The van der Waals surface area contributed by atoms with Gasteiger partial charge in [0.05, 0.1) is 5.56 Å². The standard InChI is InChI=1S/C16H19N3O5/c1-4-19(8-13-17-14(9(2)3)18-24-13)15(21)10-5-11(16(22)23)7-12(20)6-10/h5-7,9,20H,4,8H2,1-3H3,(H,22,23). The van der Waals surface area contributed by atoms with Crippen LogP contribution in [0.1, 0.15) is 59.1 Å². The van der Waals surface area contributed by atoms with E-state index < -0.39 is 11.9 Å². The van der Waals surface area contributed by atoms with Crippen LogP contribution < -0.4 is 0 Å². The zero-order chi connectivity index (χ0) is 17.9. The summed E-state index contributed by atoms with van der Waals surface area (Å²) in [6.07, 6.45) is 0. The second kappa shape index (κ2) is 7.12. The number of carboxylic acids is 1. The molecule has 1 heterocycles. The van der Waals surface area contributed by atoms with Crippen molar-refractivity contribution in [3.8, 4) is 5.75 Å². The number of carbonyl (C=O) groups excluding carboxylic acids is 1. The van der Waals surface area contributed by atoms with Crippen molar-refractivity contribution in [2.24, 2.45) is 0 Å². The molecule has 0 spiro atoms. The maximum absolute atomic E-state index is 12.6. The highest BCUT2D eigenvalue weighted by Gasteiger charge is 2.20. The number of phenols is 1. The van der Waals surface area contributed by atoms with E-state index in [1.165, 1.54) is 17.0 Å². The van der Waals surface area contributed by atoms with Gasteiger partial charge in [-0.05, 0) is 25.1 Å². The number of hydrogen-bond donors (Lipinski definition) is 2. The summed E-state index contributed by atoms with van der Waals surface area (Å²) >= 11 is 0. The molecule has 0 fully saturated rings. The summed E-state index contributed by atoms with van der Waals surface area (Å²) in [5, 5.41) is 22.5. The lowest BCUT2D eigenvalue weighted by atomic mass is 10.1. The topological polar surface area (TPSA) is 117 Å². The molecule has 128 valence electrons. The first-order chi connectivity index (χ1) is 11.3. The predicted octanol–water partition coefficient (Wildman–Crippen LogP) is 2.26. The molecule has 0 saturated carbocycles. The molecular formula is C16H19N3O5. The summed E-state index contributed by atoms with van der Waals surface area (Å²) in [7, 11) is 0. The molecule has 0 aliphatic rings. The number of aromatic hydroxyl groups is 1. The quantitative estimate of drug-likeness (QED) is 0.832. The minimum atomic E-state index is -1.22. The van der Waals surface area contributed by atoms with Crippen molar-refractivity contribution in [3.05, 3.63) is 41.0 Å². The number of aromatic nitrogens is 2. The number of rotatable bonds is 6. The molecule has 1 amide bonds. The highest BCUT2D eigenvalue weighted by molar-refractivity contribution is 5.98. The van der Waals surface area contributed by atoms with E-state index in [2.05, 4.69) is 10.1 Å². The Morgan fingerprint density at radius 1 is 1.25 bits per heavy atom. The van der Waals surface area contributed by atoms with Crippen molar-refractivity contribution in [1.29, 1.82) is 0 Å². The molecule has 0 aliphatic carbocycles. The first-order valence-electron chi connectivity index (χ1n) is 7.51. The summed E-state index contributed by atoms with van der Waals surface area (Å²) in [5.41, 5.74) is -0.0767. The third kappa shape index (κ3) is 3.89. The zero-order valence-corrected chi connectivity index (χ0v) is 13.7. The van der Waals surface area contributed by atoms with Crippen LogP contribution in [0.2, 0.25) is 0 Å². The average Bonchev–Trinajstić information content (AvgIpc) is 3.00. The van der Waals surface area contributed by atoms with Crippen molar-refractivity contribution in [2.45, 2.75) is 33.2 Å². The molecule has 1 aromatic heterocycles. The van der Waals surface area contributed by atoms with Crippen molar-refractivity contribution < 1.29 is 24.3 Å². The minimum Gasteiger partial charge on any atom is -0.508 e. The highest BCUT2D eigenvalue weighted by Crippen LogP contribution is 2.19. The van der Waals surface area contributed by atoms with E-state index in [1.807, 2.05) is 13.8 Å². The molecule has 0 saturated heterocycles. The number of hydrogen-bond acceptors (Lipinski definition) is 6. The van der Waals surface area contributed by atoms with E-state index in [9.17, 15) is 14.7 Å². The normalized spacial score (nSPS) is 10.8. The van der Waals surface area contributed by atoms with Gasteiger partial charge in [0.15, 0.2) is 5.82 Å². The van der Waals surface area contributed by atoms with E-state index in [0.717, 1.165) is 6.07 Å². The number of benzene rings is 1. The summed E-state index contributed by atoms with van der Waals surface area (Å²) in [6, 6.07) is 3.54. The van der Waals surface area contributed by atoms with Crippen LogP contribution in [0.3, 0.4) is 0 Å². The van der Waals surface area contributed by atoms with Gasteiger partial charge in [0.2, 0.25) is 5.89 Å². The fourth-order valence-corrected chi connectivity index (χ4v) is 2.10. The fourth-order valence-electron chi connectivity index (χ4n) is 2.10. The lowest BCUT2D eigenvalue weighted by molar-refractivity contribution is 0.0696. The molecule has 2 aromatic rings. The number of aromatic carboxylic acids is 1. The van der Waals surface area contributed by atoms with Crippen LogP contribution in [-0.2, 0) is 6.54 Å². The molecular weight excluding hydrogens is 314 g/mol. The molecule has 8 nitrogen and oxygen atoms in total. The molecule has 0 bridgehead atoms. The minimum absolute atomic E-state index is 0.0813. The van der Waals surface area contributed by atoms with E-state index in [-0.39, 0.29) is 29.3 Å². The van der Waals surface area contributed by atoms with Crippen LogP contribution in [0, 0.1) is 0 Å². The van der Waals surface area contributed by atoms with Crippen LogP contribution in [-0.4, -0.2) is 43.7 Å². The van der Waals surface area contributed by atoms with E-state index >= 15 is 0 Å². The van der Waals surface area contributed by atoms with Gasteiger partial charge < -0.3 is 19.6 Å². The van der Waals surface area contributed by atoms with Gasteiger partial charge in [0, 0.05) is 18.0 Å². The summed E-state index contributed by atoms with van der Waals surface area (Å²) in [4.78, 5) is 29.3. The molecule has 2 N–H and O–H groups in total. The zero-order valence-electron chi connectivity index (χ0n) is 13.7. The van der Waals surface area contributed by atoms with Crippen LogP contribution in [0.25, 0.3) is 0 Å². The lowest BCUT2D eigenvalue weighted by Gasteiger charge is -2.19. The Morgan fingerprint density at radius 2 is 1.92 bits per heavy atom. The maximum Gasteiger partial charge on any atom is 0.335 e. The molecule has 0 atom stereocenters. The number of nitrogens with zero attached hydrogens (tertiary/aromatic N) is 3. The van der Waals surface area contributed by atoms with Crippen molar-refractivity contribution in [1.82, 2.24) is 15.0 Å². The van der Waals surface area contributed by atoms with Crippen molar-refractivity contribution in [2.75, 3.05) is 6.54 Å². The second-order valence-electron chi connectivity index (χ2n) is 5.59. The Bertz CT molecular complexity index is 754. The van der Waals surface area contributed by atoms with Crippen LogP contribution in [0.5, 0.6) is 5.75 Å². The van der Waals surface area contributed by atoms with E-state index in [4.69, 9.17) is 9.63 Å². The maximum atomic E-state index is 12.6. The van der Waals surface area contributed by atoms with Crippen molar-refractivity contribution >= 4 is 11.9 Å². The number of amides is 1. The second-order valence-corrected chi connectivity index (χ2v) is 5.59. The summed E-state index contributed by atoms with van der Waals surface area (Å²) < 4.78 is 5.13. The Kier molecular flexibility index (Phi) is 5.18. The van der Waals surface area contributed by atoms with Crippen LogP contribution >= 0.6 is 0 Å². The molecule has 2 rings (SSSR count). The average molecular weight is 333 g/mol. The Labute approximate surface area is 138 Å². The van der Waals surface area contributed by atoms with Crippen molar-refractivity contribution in [3.63, 3.8) is 0 Å². The predicted molar refractivity (Wildman–Crippen MR) is 83.9 cm³/mol. The van der Waals surface area contributed by atoms with Crippen LogP contribution in [0.4, 0.5) is 0 Å². The summed E-state index contributed by atoms with van der Waals surface area (Å²) in [6.45, 7) is 6.09. The van der Waals surface area contributed by atoms with Gasteiger partial charge in [-0.2, -0.15) is 4.98 Å². The number of carbonyl (C=O) groups is 2. The fraction of sp³-hybridized carbons (Fsp3) is 0.375. The van der Waals surface area contributed by atoms with Gasteiger partial charge in [0.1, 0.15) is 12.3 Å². The van der Waals surface area contributed by atoms with Crippen LogP contribution in [0.15, 0.2) is 22.7 Å². The molecule has 1 aromatic carbocycles. The first kappa shape index (κ1) is 17.5. The third-order valence-corrected chi connectivity index (χ3v) is 3.41.